The number of hydrogen-bond acceptors (Lipinski definition) is 3. The van der Waals surface area contributed by atoms with Gasteiger partial charge in [0.1, 0.15) is 0 Å². The molecule has 0 aromatic heterocycles. The summed E-state index contributed by atoms with van der Waals surface area (Å²) in [7, 11) is 0. The number of thioether (sulfide) groups is 1. The van der Waals surface area contributed by atoms with E-state index in [1.807, 2.05) is 11.8 Å². The van der Waals surface area contributed by atoms with E-state index in [2.05, 4.69) is 16.9 Å². The lowest BCUT2D eigenvalue weighted by molar-refractivity contribution is -0.150. The van der Waals surface area contributed by atoms with Crippen LogP contribution in [0.15, 0.2) is 0 Å². The fraction of sp³-hybridized carbons (Fsp3) is 0.867. The lowest BCUT2D eigenvalue weighted by Crippen LogP contribution is -2.51. The third kappa shape index (κ3) is 3.84. The molecule has 0 atom stereocenters. The average Bonchev–Trinajstić information content (AvgIpc) is 2.45. The number of carbonyl (C=O) groups excluding carboxylic acids is 1. The van der Waals surface area contributed by atoms with Crippen LogP contribution >= 0.6 is 11.8 Å². The van der Waals surface area contributed by atoms with Crippen LogP contribution in [0.1, 0.15) is 51.4 Å². The van der Waals surface area contributed by atoms with Gasteiger partial charge in [-0.05, 0) is 31.9 Å². The first-order valence-electron chi connectivity index (χ1n) is 7.82. The normalized spacial score (nSPS) is 22.9. The first-order chi connectivity index (χ1) is 10.0. The monoisotopic (exact) mass is 314 g/mol. The largest absolute Gasteiger partial charge is 0.481 e. The van der Waals surface area contributed by atoms with Crippen molar-refractivity contribution in [2.24, 2.45) is 5.41 Å². The molecule has 0 radical (unpaired) electrons. The van der Waals surface area contributed by atoms with Crippen LogP contribution in [0.3, 0.4) is 0 Å². The van der Waals surface area contributed by atoms with Crippen LogP contribution < -0.4 is 10.6 Å². The number of hydrogen-bond donors (Lipinski definition) is 3. The smallest absolute Gasteiger partial charge is 0.314 e. The quantitative estimate of drug-likeness (QED) is 0.704. The van der Waals surface area contributed by atoms with E-state index in [0.717, 1.165) is 32.1 Å². The molecule has 0 aromatic rings. The van der Waals surface area contributed by atoms with E-state index in [4.69, 9.17) is 0 Å². The predicted molar refractivity (Wildman–Crippen MR) is 84.7 cm³/mol. The Kier molecular flexibility index (Phi) is 5.41. The molecule has 2 aliphatic carbocycles. The topological polar surface area (TPSA) is 78.4 Å². The van der Waals surface area contributed by atoms with Crippen LogP contribution in [-0.4, -0.2) is 41.2 Å². The van der Waals surface area contributed by atoms with Gasteiger partial charge in [0, 0.05) is 17.8 Å². The molecule has 2 saturated carbocycles. The summed E-state index contributed by atoms with van der Waals surface area (Å²) in [4.78, 5) is 23.5. The summed E-state index contributed by atoms with van der Waals surface area (Å²) in [6.07, 6.45) is 9.90. The number of urea groups is 1. The van der Waals surface area contributed by atoms with Gasteiger partial charge >= 0.3 is 12.0 Å². The maximum atomic E-state index is 11.9. The first-order valence-corrected chi connectivity index (χ1v) is 9.05. The summed E-state index contributed by atoms with van der Waals surface area (Å²) in [5.41, 5.74) is -0.761. The molecule has 0 heterocycles. The van der Waals surface area contributed by atoms with E-state index in [-0.39, 0.29) is 17.3 Å². The van der Waals surface area contributed by atoms with Crippen molar-refractivity contribution in [2.45, 2.75) is 56.1 Å². The van der Waals surface area contributed by atoms with Crippen molar-refractivity contribution in [3.8, 4) is 0 Å². The molecule has 120 valence electrons. The fourth-order valence-electron chi connectivity index (χ4n) is 3.27. The Morgan fingerprint density at radius 1 is 1.00 bits per heavy atom. The van der Waals surface area contributed by atoms with Crippen molar-refractivity contribution in [3.05, 3.63) is 0 Å². The van der Waals surface area contributed by atoms with E-state index >= 15 is 0 Å². The highest BCUT2D eigenvalue weighted by atomic mass is 32.2. The van der Waals surface area contributed by atoms with Crippen molar-refractivity contribution in [1.82, 2.24) is 10.6 Å². The maximum Gasteiger partial charge on any atom is 0.314 e. The number of aliphatic carboxylic acids is 1. The summed E-state index contributed by atoms with van der Waals surface area (Å²) in [5, 5.41) is 15.2. The molecule has 0 aromatic carbocycles. The maximum absolute atomic E-state index is 11.9. The fourth-order valence-corrected chi connectivity index (χ4v) is 4.19. The standard InChI is InChI=1S/C15H26N2O3S/c1-21-15(8-5-9-15)11-17-13(20)16-10-14(12(18)19)6-3-2-4-7-14/h2-11H2,1H3,(H,18,19)(H2,16,17,20). The number of nitrogens with one attached hydrogen (secondary N) is 2. The average molecular weight is 314 g/mol. The van der Waals surface area contributed by atoms with Gasteiger partial charge < -0.3 is 15.7 Å². The predicted octanol–water partition coefficient (Wildman–Crippen LogP) is 2.61. The molecule has 2 amide bonds. The summed E-state index contributed by atoms with van der Waals surface area (Å²) in [6.45, 7) is 0.903. The molecule has 2 fully saturated rings. The third-order valence-corrected chi connectivity index (χ3v) is 6.54. The first kappa shape index (κ1) is 16.5. The van der Waals surface area contributed by atoms with Gasteiger partial charge in [-0.3, -0.25) is 4.79 Å². The Hall–Kier alpha value is -0.910. The van der Waals surface area contributed by atoms with Gasteiger partial charge in [0.2, 0.25) is 0 Å². The number of carboxylic acid groups (broad SMARTS) is 1. The van der Waals surface area contributed by atoms with Crippen LogP contribution in [0, 0.1) is 5.41 Å². The molecular formula is C15H26N2O3S. The molecule has 0 bridgehead atoms. The van der Waals surface area contributed by atoms with Gasteiger partial charge in [0.05, 0.1) is 5.41 Å². The Morgan fingerprint density at radius 2 is 1.62 bits per heavy atom. The molecule has 0 unspecified atom stereocenters. The van der Waals surface area contributed by atoms with Gasteiger partial charge in [-0.15, -0.1) is 0 Å². The molecule has 0 saturated heterocycles. The van der Waals surface area contributed by atoms with Crippen LogP contribution in [0.4, 0.5) is 4.79 Å². The SMILES string of the molecule is CSC1(CNC(=O)NCC2(C(=O)O)CCCCC2)CCC1. The Labute approximate surface area is 130 Å². The zero-order valence-electron chi connectivity index (χ0n) is 12.7. The zero-order chi connectivity index (χ0) is 15.3. The summed E-state index contributed by atoms with van der Waals surface area (Å²) in [6, 6.07) is -0.235. The molecule has 6 heteroatoms. The van der Waals surface area contributed by atoms with E-state index in [1.54, 1.807) is 0 Å². The molecular weight excluding hydrogens is 288 g/mol. The zero-order valence-corrected chi connectivity index (χ0v) is 13.6. The van der Waals surface area contributed by atoms with E-state index in [0.29, 0.717) is 19.4 Å². The minimum absolute atomic E-state index is 0.201. The van der Waals surface area contributed by atoms with E-state index < -0.39 is 11.4 Å². The number of rotatable bonds is 6. The van der Waals surface area contributed by atoms with Crippen molar-refractivity contribution >= 4 is 23.8 Å². The lowest BCUT2D eigenvalue weighted by atomic mass is 9.74. The second-order valence-corrected chi connectivity index (χ2v) is 7.70. The molecule has 2 aliphatic rings. The van der Waals surface area contributed by atoms with Gasteiger partial charge in [-0.1, -0.05) is 25.7 Å². The molecule has 5 nitrogen and oxygen atoms in total. The third-order valence-electron chi connectivity index (χ3n) is 5.12. The van der Waals surface area contributed by atoms with Crippen molar-refractivity contribution in [3.63, 3.8) is 0 Å². The van der Waals surface area contributed by atoms with Crippen molar-refractivity contribution in [2.75, 3.05) is 19.3 Å². The molecule has 0 aliphatic heterocycles. The second-order valence-electron chi connectivity index (χ2n) is 6.42. The summed E-state index contributed by atoms with van der Waals surface area (Å²) in [5.74, 6) is -0.776. The van der Waals surface area contributed by atoms with Gasteiger partial charge in [-0.25, -0.2) is 4.79 Å². The van der Waals surface area contributed by atoms with Gasteiger partial charge in [-0.2, -0.15) is 11.8 Å². The summed E-state index contributed by atoms with van der Waals surface area (Å²) < 4.78 is 0.201. The Bertz CT molecular complexity index is 385. The van der Waals surface area contributed by atoms with Crippen LogP contribution in [-0.2, 0) is 4.79 Å². The molecule has 2 rings (SSSR count). The lowest BCUT2D eigenvalue weighted by Gasteiger charge is -2.40. The van der Waals surface area contributed by atoms with Crippen LogP contribution in [0.25, 0.3) is 0 Å². The van der Waals surface area contributed by atoms with E-state index in [9.17, 15) is 14.7 Å². The highest BCUT2D eigenvalue weighted by Crippen LogP contribution is 2.42. The number of amides is 2. The second kappa shape index (κ2) is 6.90. The highest BCUT2D eigenvalue weighted by molar-refractivity contribution is 8.00. The Balaban J connectivity index is 1.78. The summed E-state index contributed by atoms with van der Waals surface area (Å²) >= 11 is 1.81. The minimum atomic E-state index is -0.776. The van der Waals surface area contributed by atoms with Gasteiger partial charge in [0.15, 0.2) is 0 Å². The highest BCUT2D eigenvalue weighted by Gasteiger charge is 2.40. The van der Waals surface area contributed by atoms with Gasteiger partial charge in [0.25, 0.3) is 0 Å². The van der Waals surface area contributed by atoms with Crippen molar-refractivity contribution in [1.29, 1.82) is 0 Å². The number of carbonyl (C=O) groups is 2. The van der Waals surface area contributed by atoms with Crippen molar-refractivity contribution < 1.29 is 14.7 Å². The molecule has 21 heavy (non-hydrogen) atoms. The molecule has 0 spiro atoms. The number of carboxylic acids is 1. The Morgan fingerprint density at radius 3 is 2.10 bits per heavy atom. The van der Waals surface area contributed by atoms with E-state index in [1.165, 1.54) is 6.42 Å². The van der Waals surface area contributed by atoms with Crippen LogP contribution in [0.5, 0.6) is 0 Å². The van der Waals surface area contributed by atoms with Crippen LogP contribution in [0.2, 0.25) is 0 Å². The minimum Gasteiger partial charge on any atom is -0.481 e. The molecule has 3 N–H and O–H groups in total.